The monoisotopic (exact) mass is 348 g/mol. The minimum Gasteiger partial charge on any atom is -0.438 e. The summed E-state index contributed by atoms with van der Waals surface area (Å²) in [5.74, 6) is 1.48. The number of nitrogens with one attached hydrogen (secondary N) is 1. The zero-order valence-electron chi connectivity index (χ0n) is 12.9. The van der Waals surface area contributed by atoms with Gasteiger partial charge in [0.15, 0.2) is 0 Å². The Hall–Kier alpha value is -1.39. The lowest BCUT2D eigenvalue weighted by molar-refractivity contribution is 0.408. The van der Waals surface area contributed by atoms with Crippen LogP contribution in [0.3, 0.4) is 0 Å². The lowest BCUT2D eigenvalue weighted by atomic mass is 10.1. The number of nitrogens with zero attached hydrogens (tertiary/aromatic N) is 1. The molecule has 0 aliphatic carbocycles. The Balaban J connectivity index is 2.20. The van der Waals surface area contributed by atoms with E-state index in [9.17, 15) is 0 Å². The Morgan fingerprint density at radius 2 is 2.00 bits per heavy atom. The second-order valence-corrected chi connectivity index (χ2v) is 7.00. The molecule has 0 saturated carbocycles. The van der Waals surface area contributed by atoms with Gasteiger partial charge in [-0.05, 0) is 57.5 Å². The molecule has 0 fully saturated rings. The highest BCUT2D eigenvalue weighted by molar-refractivity contribution is 9.10. The highest BCUT2D eigenvalue weighted by Crippen LogP contribution is 2.28. The summed E-state index contributed by atoms with van der Waals surface area (Å²) in [6.45, 7) is 9.17. The van der Waals surface area contributed by atoms with Gasteiger partial charge in [0.05, 0.1) is 0 Å². The average molecular weight is 349 g/mol. The van der Waals surface area contributed by atoms with Gasteiger partial charge in [-0.25, -0.2) is 4.98 Å². The quantitative estimate of drug-likeness (QED) is 0.858. The molecule has 0 atom stereocenters. The van der Waals surface area contributed by atoms with Crippen LogP contribution in [-0.4, -0.2) is 10.5 Å². The maximum Gasteiger partial charge on any atom is 0.223 e. The van der Waals surface area contributed by atoms with Crippen LogP contribution in [0.4, 0.5) is 0 Å². The second-order valence-electron chi connectivity index (χ2n) is 6.08. The van der Waals surface area contributed by atoms with Gasteiger partial charge >= 0.3 is 0 Å². The zero-order chi connectivity index (χ0) is 15.5. The Kier molecular flexibility index (Phi) is 5.01. The molecule has 3 nitrogen and oxygen atoms in total. The summed E-state index contributed by atoms with van der Waals surface area (Å²) in [6, 6.07) is 9.93. The summed E-state index contributed by atoms with van der Waals surface area (Å²) < 4.78 is 7.03. The van der Waals surface area contributed by atoms with Crippen LogP contribution in [0.5, 0.6) is 11.6 Å². The Morgan fingerprint density at radius 3 is 2.67 bits per heavy atom. The van der Waals surface area contributed by atoms with Gasteiger partial charge < -0.3 is 10.1 Å². The first-order valence-electron chi connectivity index (χ1n) is 6.98. The zero-order valence-corrected chi connectivity index (χ0v) is 14.5. The third kappa shape index (κ3) is 4.83. The Bertz CT molecular complexity index is 620. The topological polar surface area (TPSA) is 34.1 Å². The van der Waals surface area contributed by atoms with Crippen molar-refractivity contribution in [3.05, 3.63) is 52.1 Å². The van der Waals surface area contributed by atoms with E-state index >= 15 is 0 Å². The molecule has 0 unspecified atom stereocenters. The van der Waals surface area contributed by atoms with Gasteiger partial charge in [-0.1, -0.05) is 22.0 Å². The summed E-state index contributed by atoms with van der Waals surface area (Å²) in [4.78, 5) is 4.36. The first kappa shape index (κ1) is 16.0. The molecule has 0 bridgehead atoms. The molecule has 1 aromatic heterocycles. The highest BCUT2D eigenvalue weighted by Gasteiger charge is 2.12. The van der Waals surface area contributed by atoms with Crippen LogP contribution < -0.4 is 10.1 Å². The molecule has 0 saturated heterocycles. The third-order valence-electron chi connectivity index (χ3n) is 3.00. The molecule has 112 valence electrons. The van der Waals surface area contributed by atoms with Gasteiger partial charge in [0.25, 0.3) is 0 Å². The minimum absolute atomic E-state index is 0.0562. The maximum absolute atomic E-state index is 5.99. The van der Waals surface area contributed by atoms with E-state index in [-0.39, 0.29) is 5.54 Å². The molecule has 0 amide bonds. The van der Waals surface area contributed by atoms with Gasteiger partial charge in [0.1, 0.15) is 5.75 Å². The van der Waals surface area contributed by atoms with E-state index in [1.807, 2.05) is 37.3 Å². The van der Waals surface area contributed by atoms with E-state index in [0.29, 0.717) is 5.88 Å². The Labute approximate surface area is 134 Å². The molecule has 0 aliphatic heterocycles. The number of pyridine rings is 1. The lowest BCUT2D eigenvalue weighted by Gasteiger charge is -2.21. The van der Waals surface area contributed by atoms with E-state index in [1.165, 1.54) is 0 Å². The molecule has 1 N–H and O–H groups in total. The first-order chi connectivity index (χ1) is 9.85. The lowest BCUT2D eigenvalue weighted by Crippen LogP contribution is -2.35. The van der Waals surface area contributed by atoms with Crippen LogP contribution in [-0.2, 0) is 6.54 Å². The molecule has 4 heteroatoms. The summed E-state index contributed by atoms with van der Waals surface area (Å²) in [7, 11) is 0. The molecule has 21 heavy (non-hydrogen) atoms. The fourth-order valence-electron chi connectivity index (χ4n) is 1.84. The number of benzene rings is 1. The number of aryl methyl sites for hydroxylation is 1. The number of halogens is 1. The minimum atomic E-state index is 0.0562. The van der Waals surface area contributed by atoms with Crippen molar-refractivity contribution in [2.75, 3.05) is 0 Å². The summed E-state index contributed by atoms with van der Waals surface area (Å²) in [5.41, 5.74) is 2.18. The van der Waals surface area contributed by atoms with Gasteiger partial charge in [-0.2, -0.15) is 0 Å². The number of ether oxygens (including phenoxy) is 1. The fraction of sp³-hybridized carbons (Fsp3) is 0.353. The van der Waals surface area contributed by atoms with Crippen molar-refractivity contribution in [1.82, 2.24) is 10.3 Å². The van der Waals surface area contributed by atoms with Crippen molar-refractivity contribution >= 4 is 15.9 Å². The van der Waals surface area contributed by atoms with E-state index in [0.717, 1.165) is 27.9 Å². The standard InChI is InChI=1S/C17H21BrN2O/c1-12-10-14(18)7-8-15(12)21-16-13(6-5-9-19-16)11-20-17(2,3)4/h5-10,20H,11H2,1-4H3. The number of rotatable bonds is 4. The number of hydrogen-bond donors (Lipinski definition) is 1. The van der Waals surface area contributed by atoms with E-state index in [2.05, 4.69) is 47.0 Å². The fourth-order valence-corrected chi connectivity index (χ4v) is 2.32. The van der Waals surface area contributed by atoms with Crippen LogP contribution in [0, 0.1) is 6.92 Å². The molecule has 2 aromatic rings. The van der Waals surface area contributed by atoms with Crippen molar-refractivity contribution in [3.63, 3.8) is 0 Å². The predicted octanol–water partition coefficient (Wildman–Crippen LogP) is 4.83. The third-order valence-corrected chi connectivity index (χ3v) is 3.50. The smallest absolute Gasteiger partial charge is 0.223 e. The molecule has 0 aliphatic rings. The van der Waals surface area contributed by atoms with E-state index < -0.39 is 0 Å². The number of hydrogen-bond acceptors (Lipinski definition) is 3. The van der Waals surface area contributed by atoms with Gasteiger partial charge in [0.2, 0.25) is 5.88 Å². The summed E-state index contributed by atoms with van der Waals surface area (Å²) in [5, 5.41) is 3.46. The Morgan fingerprint density at radius 1 is 1.24 bits per heavy atom. The van der Waals surface area contributed by atoms with Gasteiger partial charge in [-0.15, -0.1) is 0 Å². The summed E-state index contributed by atoms with van der Waals surface area (Å²) in [6.07, 6.45) is 1.75. The van der Waals surface area contributed by atoms with Gasteiger partial charge in [0, 0.05) is 28.3 Å². The largest absolute Gasteiger partial charge is 0.438 e. The van der Waals surface area contributed by atoms with E-state index in [1.54, 1.807) is 6.20 Å². The van der Waals surface area contributed by atoms with Gasteiger partial charge in [-0.3, -0.25) is 0 Å². The molecule has 2 rings (SSSR count). The van der Waals surface area contributed by atoms with Crippen molar-refractivity contribution in [3.8, 4) is 11.6 Å². The van der Waals surface area contributed by atoms with Crippen LogP contribution in [0.15, 0.2) is 41.0 Å². The van der Waals surface area contributed by atoms with Crippen LogP contribution in [0.1, 0.15) is 31.9 Å². The first-order valence-corrected chi connectivity index (χ1v) is 7.77. The molecular weight excluding hydrogens is 328 g/mol. The van der Waals surface area contributed by atoms with E-state index in [4.69, 9.17) is 4.74 Å². The van der Waals surface area contributed by atoms with Crippen molar-refractivity contribution in [2.24, 2.45) is 0 Å². The van der Waals surface area contributed by atoms with Crippen molar-refractivity contribution in [1.29, 1.82) is 0 Å². The molecule has 0 spiro atoms. The normalized spacial score (nSPS) is 11.5. The SMILES string of the molecule is Cc1cc(Br)ccc1Oc1ncccc1CNC(C)(C)C. The average Bonchev–Trinajstić information content (AvgIpc) is 2.40. The van der Waals surface area contributed by atoms with Crippen molar-refractivity contribution < 1.29 is 4.74 Å². The molecular formula is C17H21BrN2O. The predicted molar refractivity (Wildman–Crippen MR) is 89.8 cm³/mol. The second kappa shape index (κ2) is 6.58. The highest BCUT2D eigenvalue weighted by atomic mass is 79.9. The number of aromatic nitrogens is 1. The molecule has 1 aromatic carbocycles. The van der Waals surface area contributed by atoms with Crippen LogP contribution in [0.25, 0.3) is 0 Å². The summed E-state index contributed by atoms with van der Waals surface area (Å²) >= 11 is 3.46. The van der Waals surface area contributed by atoms with Crippen LogP contribution >= 0.6 is 15.9 Å². The van der Waals surface area contributed by atoms with Crippen LogP contribution in [0.2, 0.25) is 0 Å². The van der Waals surface area contributed by atoms with Crippen molar-refractivity contribution in [2.45, 2.75) is 39.8 Å². The molecule has 1 heterocycles. The molecule has 0 radical (unpaired) electrons. The maximum atomic E-state index is 5.99.